The van der Waals surface area contributed by atoms with E-state index in [1.165, 1.54) is 12.1 Å². The molecule has 6 heteroatoms. The fourth-order valence-electron chi connectivity index (χ4n) is 3.47. The van der Waals surface area contributed by atoms with Crippen molar-refractivity contribution in [1.29, 1.82) is 0 Å². The number of primary amides is 1. The normalized spacial score (nSPS) is 17.2. The van der Waals surface area contributed by atoms with Gasteiger partial charge in [0.25, 0.3) is 0 Å². The maximum atomic E-state index is 13.1. The van der Waals surface area contributed by atoms with E-state index in [9.17, 15) is 9.18 Å². The van der Waals surface area contributed by atoms with Crippen LogP contribution in [-0.2, 0) is 11.3 Å². The highest BCUT2D eigenvalue weighted by Crippen LogP contribution is 2.25. The van der Waals surface area contributed by atoms with Crippen molar-refractivity contribution in [2.75, 3.05) is 19.7 Å². The van der Waals surface area contributed by atoms with E-state index in [4.69, 9.17) is 15.5 Å². The number of aromatic nitrogens is 1. The van der Waals surface area contributed by atoms with Gasteiger partial charge in [-0.25, -0.2) is 4.39 Å². The molecule has 148 valence electrons. The van der Waals surface area contributed by atoms with E-state index in [0.717, 1.165) is 35.6 Å². The predicted molar refractivity (Wildman–Crippen MR) is 109 cm³/mol. The van der Waals surface area contributed by atoms with Crippen LogP contribution in [0.1, 0.15) is 27.7 Å². The zero-order chi connectivity index (χ0) is 20.2. The molecule has 0 spiro atoms. The van der Waals surface area contributed by atoms with Gasteiger partial charge in [0.2, 0.25) is 5.91 Å². The van der Waals surface area contributed by atoms with Crippen LogP contribution in [0.15, 0.2) is 66.7 Å². The van der Waals surface area contributed by atoms with Gasteiger partial charge in [0.05, 0.1) is 18.0 Å². The van der Waals surface area contributed by atoms with E-state index >= 15 is 0 Å². The number of morpholine rings is 1. The number of carbonyl (C=O) groups is 1. The van der Waals surface area contributed by atoms with Gasteiger partial charge in [-0.05, 0) is 42.0 Å². The molecule has 1 amide bonds. The third-order valence-electron chi connectivity index (χ3n) is 5.04. The number of hydrogen-bond donors (Lipinski definition) is 1. The number of pyridine rings is 1. The van der Waals surface area contributed by atoms with Crippen molar-refractivity contribution in [2.24, 2.45) is 5.73 Å². The summed E-state index contributed by atoms with van der Waals surface area (Å²) >= 11 is 0. The first-order chi connectivity index (χ1) is 14.1. The third kappa shape index (κ3) is 4.67. The first-order valence-electron chi connectivity index (χ1n) is 9.54. The van der Waals surface area contributed by atoms with Crippen LogP contribution in [-0.4, -0.2) is 35.5 Å². The lowest BCUT2D eigenvalue weighted by Gasteiger charge is -2.32. The number of amides is 1. The fourth-order valence-corrected chi connectivity index (χ4v) is 3.47. The van der Waals surface area contributed by atoms with E-state index in [-0.39, 0.29) is 11.9 Å². The largest absolute Gasteiger partial charge is 0.369 e. The molecule has 1 aliphatic rings. The van der Waals surface area contributed by atoms with Gasteiger partial charge in [0.15, 0.2) is 0 Å². The first-order valence-corrected chi connectivity index (χ1v) is 9.54. The minimum Gasteiger partial charge on any atom is -0.369 e. The summed E-state index contributed by atoms with van der Waals surface area (Å²) < 4.78 is 19.1. The lowest BCUT2D eigenvalue weighted by molar-refractivity contribution is -0.0349. The van der Waals surface area contributed by atoms with Crippen molar-refractivity contribution < 1.29 is 13.9 Å². The average Bonchev–Trinajstić information content (AvgIpc) is 2.76. The summed E-state index contributed by atoms with van der Waals surface area (Å²) in [5, 5.41) is 0. The number of nitrogens with zero attached hydrogens (tertiary/aromatic N) is 2. The Morgan fingerprint density at radius 1 is 1.10 bits per heavy atom. The molecule has 1 saturated heterocycles. The van der Waals surface area contributed by atoms with Crippen molar-refractivity contribution in [3.8, 4) is 11.3 Å². The molecular weight excluding hydrogens is 369 g/mol. The summed E-state index contributed by atoms with van der Waals surface area (Å²) in [6.45, 7) is 2.90. The number of benzene rings is 2. The van der Waals surface area contributed by atoms with Crippen LogP contribution in [0.25, 0.3) is 11.3 Å². The fraction of sp³-hybridized carbons (Fsp3) is 0.217. The van der Waals surface area contributed by atoms with Crippen LogP contribution in [0.3, 0.4) is 0 Å². The molecule has 29 heavy (non-hydrogen) atoms. The molecule has 1 aliphatic heterocycles. The average molecular weight is 391 g/mol. The minimum absolute atomic E-state index is 0.131. The lowest BCUT2D eigenvalue weighted by atomic mass is 10.1. The second-order valence-corrected chi connectivity index (χ2v) is 7.11. The van der Waals surface area contributed by atoms with E-state index in [1.807, 2.05) is 42.5 Å². The summed E-state index contributed by atoms with van der Waals surface area (Å²) in [6.07, 6.45) is -0.131. The van der Waals surface area contributed by atoms with Crippen molar-refractivity contribution in [2.45, 2.75) is 12.6 Å². The van der Waals surface area contributed by atoms with E-state index in [1.54, 1.807) is 12.1 Å². The van der Waals surface area contributed by atoms with Gasteiger partial charge in [-0.1, -0.05) is 30.3 Å². The topological polar surface area (TPSA) is 68.5 Å². The number of rotatable bonds is 5. The van der Waals surface area contributed by atoms with E-state index < -0.39 is 5.91 Å². The molecule has 1 atom stereocenters. The Bertz CT molecular complexity index is 990. The van der Waals surface area contributed by atoms with E-state index in [2.05, 4.69) is 4.90 Å². The number of halogens is 1. The van der Waals surface area contributed by atoms with Crippen LogP contribution in [0.4, 0.5) is 4.39 Å². The zero-order valence-electron chi connectivity index (χ0n) is 15.9. The highest BCUT2D eigenvalue weighted by Gasteiger charge is 2.23. The number of hydrogen-bond acceptors (Lipinski definition) is 4. The second kappa shape index (κ2) is 8.51. The number of ether oxygens (including phenoxy) is 1. The van der Waals surface area contributed by atoms with Gasteiger partial charge >= 0.3 is 0 Å². The molecule has 5 nitrogen and oxygen atoms in total. The lowest BCUT2D eigenvalue weighted by Crippen LogP contribution is -2.38. The Morgan fingerprint density at radius 2 is 1.86 bits per heavy atom. The standard InChI is InChI=1S/C23H22FN3O2/c24-19-10-4-16(5-11-19)14-27-12-13-29-22(15-27)21-3-1-2-20(26-21)17-6-8-18(9-7-17)23(25)28/h1-11,22H,12-15H2,(H2,25,28). The summed E-state index contributed by atoms with van der Waals surface area (Å²) in [7, 11) is 0. The van der Waals surface area contributed by atoms with Gasteiger partial charge in [0, 0.05) is 30.8 Å². The predicted octanol–water partition coefficient (Wildman–Crippen LogP) is 3.56. The maximum Gasteiger partial charge on any atom is 0.248 e. The molecule has 0 radical (unpaired) electrons. The number of carbonyl (C=O) groups excluding carboxylic acids is 1. The SMILES string of the molecule is NC(=O)c1ccc(-c2cccc(C3CN(Cc4ccc(F)cc4)CCO3)n2)cc1. The van der Waals surface area contributed by atoms with Crippen molar-refractivity contribution >= 4 is 5.91 Å². The molecule has 2 aromatic carbocycles. The Kier molecular flexibility index (Phi) is 5.64. The van der Waals surface area contributed by atoms with Gasteiger partial charge in [0.1, 0.15) is 11.9 Å². The molecule has 0 bridgehead atoms. The van der Waals surface area contributed by atoms with Gasteiger partial charge in [-0.15, -0.1) is 0 Å². The summed E-state index contributed by atoms with van der Waals surface area (Å²) in [6, 6.07) is 19.5. The molecule has 3 aromatic rings. The Labute approximate surface area is 168 Å². The van der Waals surface area contributed by atoms with Gasteiger partial charge < -0.3 is 10.5 Å². The Hall–Kier alpha value is -3.09. The van der Waals surface area contributed by atoms with Crippen molar-refractivity contribution in [1.82, 2.24) is 9.88 Å². The van der Waals surface area contributed by atoms with Crippen LogP contribution >= 0.6 is 0 Å². The Morgan fingerprint density at radius 3 is 2.59 bits per heavy atom. The van der Waals surface area contributed by atoms with Crippen LogP contribution in [0.2, 0.25) is 0 Å². The highest BCUT2D eigenvalue weighted by atomic mass is 19.1. The number of nitrogens with two attached hydrogens (primary N) is 1. The molecule has 0 saturated carbocycles. The summed E-state index contributed by atoms with van der Waals surface area (Å²) in [5.41, 5.74) is 9.44. The minimum atomic E-state index is -0.449. The molecule has 2 N–H and O–H groups in total. The van der Waals surface area contributed by atoms with Crippen molar-refractivity contribution in [3.05, 3.63) is 89.4 Å². The smallest absolute Gasteiger partial charge is 0.248 e. The first kappa shape index (κ1) is 19.2. The molecule has 4 rings (SSSR count). The quantitative estimate of drug-likeness (QED) is 0.722. The zero-order valence-corrected chi connectivity index (χ0v) is 15.9. The molecule has 1 fully saturated rings. The van der Waals surface area contributed by atoms with Crippen LogP contribution in [0, 0.1) is 5.82 Å². The highest BCUT2D eigenvalue weighted by molar-refractivity contribution is 5.93. The van der Waals surface area contributed by atoms with E-state index in [0.29, 0.717) is 18.7 Å². The van der Waals surface area contributed by atoms with Crippen LogP contribution in [0.5, 0.6) is 0 Å². The molecular formula is C23H22FN3O2. The monoisotopic (exact) mass is 391 g/mol. The molecule has 2 heterocycles. The Balaban J connectivity index is 1.48. The molecule has 1 unspecified atom stereocenters. The summed E-state index contributed by atoms with van der Waals surface area (Å²) in [4.78, 5) is 18.3. The molecule has 0 aliphatic carbocycles. The molecule has 1 aromatic heterocycles. The van der Waals surface area contributed by atoms with Crippen LogP contribution < -0.4 is 5.73 Å². The van der Waals surface area contributed by atoms with Crippen molar-refractivity contribution in [3.63, 3.8) is 0 Å². The van der Waals surface area contributed by atoms with Gasteiger partial charge in [-0.2, -0.15) is 0 Å². The third-order valence-corrected chi connectivity index (χ3v) is 5.04. The maximum absolute atomic E-state index is 13.1. The van der Waals surface area contributed by atoms with Gasteiger partial charge in [-0.3, -0.25) is 14.7 Å². The summed E-state index contributed by atoms with van der Waals surface area (Å²) in [5.74, 6) is -0.673. The second-order valence-electron chi connectivity index (χ2n) is 7.11.